The third kappa shape index (κ3) is 3.53. The van der Waals surface area contributed by atoms with Gasteiger partial charge < -0.3 is 5.32 Å². The van der Waals surface area contributed by atoms with Gasteiger partial charge in [-0.3, -0.25) is 14.9 Å². The lowest BCUT2D eigenvalue weighted by Crippen LogP contribution is -2.14. The van der Waals surface area contributed by atoms with Crippen LogP contribution < -0.4 is 10.6 Å². The number of nitrogens with zero attached hydrogens (tertiary/aromatic N) is 4. The van der Waals surface area contributed by atoms with E-state index in [4.69, 9.17) is 0 Å². The zero-order valence-electron chi connectivity index (χ0n) is 14.2. The first-order valence-corrected chi connectivity index (χ1v) is 8.93. The van der Waals surface area contributed by atoms with E-state index in [-0.39, 0.29) is 17.8 Å². The Kier molecular flexibility index (Phi) is 4.35. The van der Waals surface area contributed by atoms with Crippen LogP contribution in [0.3, 0.4) is 0 Å². The first-order valence-electron chi connectivity index (χ1n) is 8.05. The van der Waals surface area contributed by atoms with Gasteiger partial charge in [-0.1, -0.05) is 30.3 Å². The van der Waals surface area contributed by atoms with Crippen LogP contribution in [0, 0.1) is 0 Å². The van der Waals surface area contributed by atoms with Gasteiger partial charge in [0.05, 0.1) is 5.69 Å². The van der Waals surface area contributed by atoms with Gasteiger partial charge in [-0.15, -0.1) is 16.4 Å². The van der Waals surface area contributed by atoms with Gasteiger partial charge >= 0.3 is 0 Å². The highest BCUT2D eigenvalue weighted by molar-refractivity contribution is 7.15. The van der Waals surface area contributed by atoms with Crippen molar-refractivity contribution >= 4 is 39.9 Å². The maximum Gasteiger partial charge on any atom is 0.258 e. The van der Waals surface area contributed by atoms with E-state index in [0.29, 0.717) is 16.3 Å². The van der Waals surface area contributed by atoms with E-state index in [9.17, 15) is 9.59 Å². The summed E-state index contributed by atoms with van der Waals surface area (Å²) in [5.41, 5.74) is 2.26. The molecular weight excluding hydrogens is 364 g/mol. The van der Waals surface area contributed by atoms with Gasteiger partial charge in [0.2, 0.25) is 10.9 Å². The Morgan fingerprint density at radius 1 is 1.11 bits per heavy atom. The van der Waals surface area contributed by atoms with Crippen molar-refractivity contribution in [3.63, 3.8) is 0 Å². The lowest BCUT2D eigenvalue weighted by Gasteiger charge is -2.04. The van der Waals surface area contributed by atoms with Crippen molar-refractivity contribution in [3.05, 3.63) is 59.6 Å². The fourth-order valence-electron chi connectivity index (χ4n) is 2.54. The van der Waals surface area contributed by atoms with Crippen molar-refractivity contribution < 1.29 is 9.59 Å². The Morgan fingerprint density at radius 3 is 2.70 bits per heavy atom. The average molecular weight is 378 g/mol. The number of nitrogens with one attached hydrogen (secondary N) is 2. The van der Waals surface area contributed by atoms with Crippen LogP contribution in [-0.2, 0) is 4.79 Å². The van der Waals surface area contributed by atoms with Crippen LogP contribution in [0.4, 0.5) is 11.8 Å². The molecule has 1 aromatic carbocycles. The molecule has 9 heteroatoms. The zero-order chi connectivity index (χ0) is 18.8. The summed E-state index contributed by atoms with van der Waals surface area (Å²) in [6.45, 7) is 1.38. The molecule has 2 N–H and O–H groups in total. The molecule has 134 valence electrons. The monoisotopic (exact) mass is 378 g/mol. The normalized spacial score (nSPS) is 10.7. The number of carbonyl (C=O) groups excluding carboxylic acids is 2. The molecule has 0 unspecified atom stereocenters. The van der Waals surface area contributed by atoms with Crippen molar-refractivity contribution in [2.75, 3.05) is 10.6 Å². The molecule has 0 radical (unpaired) electrons. The van der Waals surface area contributed by atoms with Crippen molar-refractivity contribution in [1.82, 2.24) is 19.6 Å². The van der Waals surface area contributed by atoms with E-state index >= 15 is 0 Å². The number of fused-ring (bicyclic) bond motifs is 1. The molecule has 2 amide bonds. The molecule has 0 bridgehead atoms. The van der Waals surface area contributed by atoms with E-state index in [1.54, 1.807) is 10.6 Å². The van der Waals surface area contributed by atoms with Crippen LogP contribution in [-0.4, -0.2) is 31.4 Å². The fraction of sp³-hybridized carbons (Fsp3) is 0.0556. The second kappa shape index (κ2) is 6.96. The predicted octanol–water partition coefficient (Wildman–Crippen LogP) is 3.06. The van der Waals surface area contributed by atoms with Gasteiger partial charge in [-0.05, 0) is 12.1 Å². The molecule has 3 heterocycles. The highest BCUT2D eigenvalue weighted by Gasteiger charge is 2.14. The average Bonchev–Trinajstić information content (AvgIpc) is 3.22. The Balaban J connectivity index is 1.58. The number of amides is 2. The minimum Gasteiger partial charge on any atom is -0.311 e. The van der Waals surface area contributed by atoms with E-state index < -0.39 is 0 Å². The maximum atomic E-state index is 12.5. The summed E-state index contributed by atoms with van der Waals surface area (Å²) in [7, 11) is 0. The molecule has 0 atom stereocenters. The summed E-state index contributed by atoms with van der Waals surface area (Å²) >= 11 is 1.44. The maximum absolute atomic E-state index is 12.5. The standard InChI is InChI=1S/C18H14N6O2S/c1-11(25)20-15-9-13(7-8-19-15)16(26)21-17-22-18-24(23-17)14(10-27-18)12-5-3-2-4-6-12/h2-10H,1H3,(H,19,20,25)(H,21,23,26). The molecule has 4 rings (SSSR count). The van der Waals surface area contributed by atoms with E-state index in [1.807, 2.05) is 35.7 Å². The van der Waals surface area contributed by atoms with Gasteiger partial charge in [-0.2, -0.15) is 4.98 Å². The number of aromatic nitrogens is 4. The Bertz CT molecular complexity index is 1140. The van der Waals surface area contributed by atoms with Gasteiger partial charge in [-0.25, -0.2) is 9.50 Å². The van der Waals surface area contributed by atoms with Gasteiger partial charge in [0, 0.05) is 29.6 Å². The number of pyridine rings is 1. The number of carbonyl (C=O) groups is 2. The van der Waals surface area contributed by atoms with Crippen LogP contribution in [0.1, 0.15) is 17.3 Å². The Hall–Kier alpha value is -3.59. The Morgan fingerprint density at radius 2 is 1.93 bits per heavy atom. The second-order valence-corrected chi connectivity index (χ2v) is 6.52. The SMILES string of the molecule is CC(=O)Nc1cc(C(=O)Nc2nc3scc(-c4ccccc4)n3n2)ccn1. The first-order chi connectivity index (χ1) is 13.1. The number of rotatable bonds is 4. The molecule has 0 aliphatic heterocycles. The van der Waals surface area contributed by atoms with Crippen molar-refractivity contribution in [2.45, 2.75) is 6.92 Å². The predicted molar refractivity (Wildman–Crippen MR) is 103 cm³/mol. The molecule has 4 aromatic rings. The number of hydrogen-bond donors (Lipinski definition) is 2. The lowest BCUT2D eigenvalue weighted by molar-refractivity contribution is -0.114. The first kappa shape index (κ1) is 16.9. The Labute approximate surface area is 157 Å². The third-order valence-corrected chi connectivity index (χ3v) is 4.52. The van der Waals surface area contributed by atoms with Crippen molar-refractivity contribution in [2.24, 2.45) is 0 Å². The summed E-state index contributed by atoms with van der Waals surface area (Å²) in [6, 6.07) is 12.9. The third-order valence-electron chi connectivity index (χ3n) is 3.70. The zero-order valence-corrected chi connectivity index (χ0v) is 15.0. The summed E-state index contributed by atoms with van der Waals surface area (Å²) in [6.07, 6.45) is 1.45. The molecule has 0 saturated heterocycles. The molecule has 0 aliphatic carbocycles. The summed E-state index contributed by atoms with van der Waals surface area (Å²) < 4.78 is 1.70. The summed E-state index contributed by atoms with van der Waals surface area (Å²) in [4.78, 5) is 32.6. The molecule has 0 saturated carbocycles. The lowest BCUT2D eigenvalue weighted by atomic mass is 10.2. The van der Waals surface area contributed by atoms with Gasteiger partial charge in [0.15, 0.2) is 0 Å². The van der Waals surface area contributed by atoms with Crippen molar-refractivity contribution in [1.29, 1.82) is 0 Å². The topological polar surface area (TPSA) is 101 Å². The second-order valence-electron chi connectivity index (χ2n) is 5.68. The smallest absolute Gasteiger partial charge is 0.258 e. The van der Waals surface area contributed by atoms with Crippen LogP contribution in [0.2, 0.25) is 0 Å². The minimum absolute atomic E-state index is 0.210. The number of benzene rings is 1. The van der Waals surface area contributed by atoms with Crippen molar-refractivity contribution in [3.8, 4) is 11.3 Å². The van der Waals surface area contributed by atoms with Crippen LogP contribution in [0.25, 0.3) is 16.2 Å². The summed E-state index contributed by atoms with van der Waals surface area (Å²) in [5.74, 6) is -0.129. The number of anilines is 2. The highest BCUT2D eigenvalue weighted by Crippen LogP contribution is 2.25. The molecule has 3 aromatic heterocycles. The number of hydrogen-bond acceptors (Lipinski definition) is 6. The quantitative estimate of drug-likeness (QED) is 0.568. The molecule has 8 nitrogen and oxygen atoms in total. The highest BCUT2D eigenvalue weighted by atomic mass is 32.1. The molecular formula is C18H14N6O2S. The van der Waals surface area contributed by atoms with E-state index in [1.165, 1.54) is 30.5 Å². The summed E-state index contributed by atoms with van der Waals surface area (Å²) in [5, 5.41) is 11.6. The van der Waals surface area contributed by atoms with Gasteiger partial charge in [0.25, 0.3) is 11.9 Å². The van der Waals surface area contributed by atoms with Crippen LogP contribution >= 0.6 is 11.3 Å². The largest absolute Gasteiger partial charge is 0.311 e. The van der Waals surface area contributed by atoms with E-state index in [0.717, 1.165) is 11.3 Å². The molecule has 0 spiro atoms. The van der Waals surface area contributed by atoms with E-state index in [2.05, 4.69) is 25.7 Å². The molecule has 0 aliphatic rings. The van der Waals surface area contributed by atoms with Gasteiger partial charge in [0.1, 0.15) is 5.82 Å². The minimum atomic E-state index is -0.386. The molecule has 0 fully saturated rings. The fourth-order valence-corrected chi connectivity index (χ4v) is 3.37. The van der Waals surface area contributed by atoms with Crippen LogP contribution in [0.5, 0.6) is 0 Å². The number of thiazole rings is 1. The molecule has 27 heavy (non-hydrogen) atoms. The van der Waals surface area contributed by atoms with Crippen LogP contribution in [0.15, 0.2) is 54.0 Å².